The van der Waals surface area contributed by atoms with Crippen molar-refractivity contribution in [2.24, 2.45) is 5.92 Å². The van der Waals surface area contributed by atoms with E-state index < -0.39 is 10.0 Å². The van der Waals surface area contributed by atoms with Gasteiger partial charge in [-0.15, -0.1) is 11.3 Å². The van der Waals surface area contributed by atoms with E-state index in [9.17, 15) is 8.42 Å². The van der Waals surface area contributed by atoms with Gasteiger partial charge in [-0.3, -0.25) is 0 Å². The van der Waals surface area contributed by atoms with E-state index in [1.54, 1.807) is 11.4 Å². The van der Waals surface area contributed by atoms with Gasteiger partial charge < -0.3 is 5.32 Å². The fourth-order valence-electron chi connectivity index (χ4n) is 2.05. The maximum absolute atomic E-state index is 12.0. The first-order valence-corrected chi connectivity index (χ1v) is 8.12. The molecule has 1 aromatic heterocycles. The minimum atomic E-state index is -3.31. The van der Waals surface area contributed by atoms with Crippen LogP contribution >= 0.6 is 11.3 Å². The molecular weight excluding hydrogens is 256 g/mol. The Morgan fingerprint density at radius 3 is 2.76 bits per heavy atom. The Bertz CT molecular complexity index is 475. The number of hydrogen-bond acceptors (Lipinski definition) is 4. The molecule has 2 rings (SSSR count). The second-order valence-electron chi connectivity index (χ2n) is 4.67. The second kappa shape index (κ2) is 5.06. The van der Waals surface area contributed by atoms with Gasteiger partial charge in [0.1, 0.15) is 0 Å². The van der Waals surface area contributed by atoms with Crippen LogP contribution in [0.2, 0.25) is 0 Å². The van der Waals surface area contributed by atoms with Crippen LogP contribution in [0.25, 0.3) is 0 Å². The normalized spacial score (nSPS) is 24.6. The molecule has 0 saturated heterocycles. The lowest BCUT2D eigenvalue weighted by atomic mass is 9.83. The third-order valence-corrected chi connectivity index (χ3v) is 5.57. The minimum absolute atomic E-state index is 0.127. The van der Waals surface area contributed by atoms with Crippen molar-refractivity contribution >= 4 is 21.4 Å². The fourth-order valence-corrected chi connectivity index (χ4v) is 4.60. The first-order valence-electron chi connectivity index (χ1n) is 5.75. The Hall–Kier alpha value is -0.430. The van der Waals surface area contributed by atoms with Crippen LogP contribution in [0, 0.1) is 5.92 Å². The predicted molar refractivity (Wildman–Crippen MR) is 69.6 cm³/mol. The van der Waals surface area contributed by atoms with Gasteiger partial charge >= 0.3 is 0 Å². The summed E-state index contributed by atoms with van der Waals surface area (Å²) in [5, 5.41) is 4.72. The molecule has 0 aromatic carbocycles. The van der Waals surface area contributed by atoms with Crippen LogP contribution in [-0.4, -0.2) is 21.5 Å². The van der Waals surface area contributed by atoms with Crippen molar-refractivity contribution in [1.82, 2.24) is 10.0 Å². The Morgan fingerprint density at radius 1 is 1.47 bits per heavy atom. The van der Waals surface area contributed by atoms with Crippen molar-refractivity contribution in [1.29, 1.82) is 0 Å². The third kappa shape index (κ3) is 3.07. The highest BCUT2D eigenvalue weighted by molar-refractivity contribution is 7.89. The molecule has 1 heterocycles. The van der Waals surface area contributed by atoms with Gasteiger partial charge in [0, 0.05) is 22.8 Å². The lowest BCUT2D eigenvalue weighted by molar-refractivity contribution is 0.270. The zero-order valence-corrected chi connectivity index (χ0v) is 11.7. The summed E-state index contributed by atoms with van der Waals surface area (Å²) in [6, 6.07) is 1.87. The van der Waals surface area contributed by atoms with E-state index in [1.807, 2.05) is 7.05 Å². The molecule has 17 heavy (non-hydrogen) atoms. The van der Waals surface area contributed by atoms with E-state index in [4.69, 9.17) is 0 Å². The molecule has 0 bridgehead atoms. The van der Waals surface area contributed by atoms with E-state index in [2.05, 4.69) is 17.0 Å². The van der Waals surface area contributed by atoms with Gasteiger partial charge in [-0.2, -0.15) is 0 Å². The highest BCUT2D eigenvalue weighted by Gasteiger charge is 2.30. The van der Waals surface area contributed by atoms with E-state index in [1.165, 1.54) is 11.3 Å². The van der Waals surface area contributed by atoms with Crippen LogP contribution in [0.1, 0.15) is 24.6 Å². The van der Waals surface area contributed by atoms with Gasteiger partial charge in [-0.25, -0.2) is 13.1 Å². The molecule has 4 nitrogen and oxygen atoms in total. The largest absolute Gasteiger partial charge is 0.315 e. The number of nitrogens with one attached hydrogen (secondary N) is 2. The fraction of sp³-hybridized carbons (Fsp3) is 0.636. The molecule has 0 radical (unpaired) electrons. The summed E-state index contributed by atoms with van der Waals surface area (Å²) in [6.45, 7) is 2.85. The average Bonchev–Trinajstić information content (AvgIpc) is 2.65. The number of hydrogen-bond donors (Lipinski definition) is 2. The highest BCUT2D eigenvalue weighted by atomic mass is 32.2. The molecule has 96 valence electrons. The second-order valence-corrected chi connectivity index (χ2v) is 7.38. The zero-order chi connectivity index (χ0) is 12.5. The predicted octanol–water partition coefficient (Wildman–Crippen LogP) is 1.54. The minimum Gasteiger partial charge on any atom is -0.315 e. The van der Waals surface area contributed by atoms with Crippen molar-refractivity contribution < 1.29 is 8.42 Å². The summed E-state index contributed by atoms with van der Waals surface area (Å²) in [7, 11) is -1.46. The molecule has 0 atom stereocenters. The van der Waals surface area contributed by atoms with E-state index in [0.717, 1.165) is 17.7 Å². The van der Waals surface area contributed by atoms with Gasteiger partial charge in [0.05, 0.1) is 4.90 Å². The lowest BCUT2D eigenvalue weighted by Crippen LogP contribution is -2.43. The molecule has 1 aliphatic rings. The molecule has 0 aliphatic heterocycles. The van der Waals surface area contributed by atoms with Crippen molar-refractivity contribution in [3.63, 3.8) is 0 Å². The van der Waals surface area contributed by atoms with Crippen LogP contribution in [0.3, 0.4) is 0 Å². The van der Waals surface area contributed by atoms with E-state index >= 15 is 0 Å². The van der Waals surface area contributed by atoms with Gasteiger partial charge in [-0.05, 0) is 31.9 Å². The molecule has 1 saturated carbocycles. The SMILES string of the molecule is CNCc1cc(S(=O)(=O)NC2CC(C)C2)cs1. The molecule has 1 fully saturated rings. The number of thiophene rings is 1. The van der Waals surface area contributed by atoms with Crippen LogP contribution in [0.4, 0.5) is 0 Å². The lowest BCUT2D eigenvalue weighted by Gasteiger charge is -2.32. The summed E-state index contributed by atoms with van der Waals surface area (Å²) in [5.41, 5.74) is 0. The van der Waals surface area contributed by atoms with Crippen LogP contribution < -0.4 is 10.0 Å². The monoisotopic (exact) mass is 274 g/mol. The maximum atomic E-state index is 12.0. The molecule has 1 aliphatic carbocycles. The molecule has 0 unspecified atom stereocenters. The van der Waals surface area contributed by atoms with Gasteiger partial charge in [-0.1, -0.05) is 6.92 Å². The molecule has 0 amide bonds. The summed E-state index contributed by atoms with van der Waals surface area (Å²) >= 11 is 1.47. The Kier molecular flexibility index (Phi) is 3.87. The first-order chi connectivity index (χ1) is 8.01. The van der Waals surface area contributed by atoms with E-state index in [-0.39, 0.29) is 6.04 Å². The van der Waals surface area contributed by atoms with Crippen LogP contribution in [-0.2, 0) is 16.6 Å². The zero-order valence-electron chi connectivity index (χ0n) is 10.1. The summed E-state index contributed by atoms with van der Waals surface area (Å²) in [6.07, 6.45) is 1.90. The first kappa shape index (κ1) is 13.0. The molecular formula is C11H18N2O2S2. The van der Waals surface area contributed by atoms with Crippen molar-refractivity contribution in [3.8, 4) is 0 Å². The Labute approximate surface area is 106 Å². The van der Waals surface area contributed by atoms with Gasteiger partial charge in [0.25, 0.3) is 0 Å². The maximum Gasteiger partial charge on any atom is 0.241 e. The molecule has 0 spiro atoms. The summed E-state index contributed by atoms with van der Waals surface area (Å²) in [5.74, 6) is 0.644. The average molecular weight is 274 g/mol. The van der Waals surface area contributed by atoms with E-state index in [0.29, 0.717) is 17.4 Å². The molecule has 2 N–H and O–H groups in total. The van der Waals surface area contributed by atoms with Crippen LogP contribution in [0.15, 0.2) is 16.3 Å². The summed E-state index contributed by atoms with van der Waals surface area (Å²) < 4.78 is 26.8. The highest BCUT2D eigenvalue weighted by Crippen LogP contribution is 2.28. The van der Waals surface area contributed by atoms with Crippen molar-refractivity contribution in [2.45, 2.75) is 37.2 Å². The molecule has 1 aromatic rings. The number of rotatable bonds is 5. The van der Waals surface area contributed by atoms with Crippen LogP contribution in [0.5, 0.6) is 0 Å². The van der Waals surface area contributed by atoms with Gasteiger partial charge in [0.15, 0.2) is 0 Å². The van der Waals surface area contributed by atoms with Crippen molar-refractivity contribution in [3.05, 3.63) is 16.3 Å². The summed E-state index contributed by atoms with van der Waals surface area (Å²) in [4.78, 5) is 1.43. The Balaban J connectivity index is 2.03. The molecule has 6 heteroatoms. The quantitative estimate of drug-likeness (QED) is 0.856. The Morgan fingerprint density at radius 2 is 2.18 bits per heavy atom. The smallest absolute Gasteiger partial charge is 0.241 e. The third-order valence-electron chi connectivity index (χ3n) is 2.99. The van der Waals surface area contributed by atoms with Crippen molar-refractivity contribution in [2.75, 3.05) is 7.05 Å². The van der Waals surface area contributed by atoms with Gasteiger partial charge in [0.2, 0.25) is 10.0 Å². The number of sulfonamides is 1. The standard InChI is InChI=1S/C11H18N2O2S2/c1-8-3-9(4-8)13-17(14,15)11-5-10(6-12-2)16-7-11/h5,7-9,12-13H,3-4,6H2,1-2H3. The topological polar surface area (TPSA) is 58.2 Å².